The van der Waals surface area contributed by atoms with Gasteiger partial charge in [-0.15, -0.1) is 0 Å². The van der Waals surface area contributed by atoms with Crippen LogP contribution in [0.3, 0.4) is 0 Å². The topological polar surface area (TPSA) is 46.5 Å². The molecule has 0 aliphatic rings. The molecule has 4 nitrogen and oxygen atoms in total. The number of hydrogen-bond acceptors (Lipinski definition) is 2. The minimum Gasteiger partial charge on any atom is -0.341 e. The van der Waals surface area contributed by atoms with Crippen LogP contribution >= 0.6 is 0 Å². The Morgan fingerprint density at radius 3 is 2.75 bits per heavy atom. The summed E-state index contributed by atoms with van der Waals surface area (Å²) in [4.78, 5) is 11.4. The smallest absolute Gasteiger partial charge is 0.155 e. The highest BCUT2D eigenvalue weighted by atomic mass is 15.1. The minimum absolute atomic E-state index is 0.868. The predicted octanol–water partition coefficient (Wildman–Crippen LogP) is 1.12. The van der Waals surface area contributed by atoms with E-state index < -0.39 is 0 Å². The van der Waals surface area contributed by atoms with E-state index in [4.69, 9.17) is 0 Å². The summed E-state index contributed by atoms with van der Waals surface area (Å²) in [6, 6.07) is 0. The van der Waals surface area contributed by atoms with Crippen molar-refractivity contribution < 1.29 is 0 Å². The third-order valence-electron chi connectivity index (χ3n) is 1.76. The molecule has 0 spiro atoms. The molecule has 0 amide bonds. The maximum Gasteiger partial charge on any atom is 0.155 e. The molecule has 2 heterocycles. The van der Waals surface area contributed by atoms with E-state index in [0.29, 0.717) is 0 Å². The van der Waals surface area contributed by atoms with E-state index in [2.05, 4.69) is 15.0 Å². The minimum atomic E-state index is 0.868. The summed E-state index contributed by atoms with van der Waals surface area (Å²) in [6.07, 6.45) is 5.35. The number of rotatable bonds is 1. The van der Waals surface area contributed by atoms with E-state index in [1.165, 1.54) is 0 Å². The third-order valence-corrected chi connectivity index (χ3v) is 1.76. The van der Waals surface area contributed by atoms with Crippen LogP contribution < -0.4 is 0 Å². The van der Waals surface area contributed by atoms with Crippen molar-refractivity contribution in [1.29, 1.82) is 0 Å². The number of aromatic nitrogens is 4. The summed E-state index contributed by atoms with van der Waals surface area (Å²) in [5.41, 5.74) is 2.06. The van der Waals surface area contributed by atoms with Crippen molar-refractivity contribution in [2.24, 2.45) is 7.05 Å². The molecule has 0 unspecified atom stereocenters. The molecule has 0 saturated heterocycles. The Labute approximate surface area is 70.3 Å². The Morgan fingerprint density at radius 1 is 1.42 bits per heavy atom. The maximum atomic E-state index is 4.20. The standard InChI is InChI=1S/C8H10N4/c1-6-3-10-8(11-6)7-4-9-5-12(7)2/h3-5H,1-2H3,(H,10,11). The summed E-state index contributed by atoms with van der Waals surface area (Å²) in [6.45, 7) is 1.98. The molecule has 0 saturated carbocycles. The van der Waals surface area contributed by atoms with Crippen molar-refractivity contribution >= 4 is 0 Å². The molecule has 0 atom stereocenters. The largest absolute Gasteiger partial charge is 0.341 e. The van der Waals surface area contributed by atoms with E-state index in [1.807, 2.05) is 24.7 Å². The molecule has 1 N–H and O–H groups in total. The molecule has 0 aliphatic heterocycles. The van der Waals surface area contributed by atoms with Gasteiger partial charge >= 0.3 is 0 Å². The normalized spacial score (nSPS) is 10.5. The van der Waals surface area contributed by atoms with E-state index in [9.17, 15) is 0 Å². The summed E-state index contributed by atoms with van der Waals surface area (Å²) in [5, 5.41) is 0. The van der Waals surface area contributed by atoms with Crippen molar-refractivity contribution in [3.63, 3.8) is 0 Å². The van der Waals surface area contributed by atoms with Gasteiger partial charge in [-0.25, -0.2) is 9.97 Å². The molecule has 62 valence electrons. The number of nitrogens with one attached hydrogen (secondary N) is 1. The first kappa shape index (κ1) is 7.09. The van der Waals surface area contributed by atoms with Gasteiger partial charge in [0.15, 0.2) is 5.82 Å². The van der Waals surface area contributed by atoms with Crippen molar-refractivity contribution in [1.82, 2.24) is 19.5 Å². The van der Waals surface area contributed by atoms with Gasteiger partial charge < -0.3 is 9.55 Å². The molecule has 0 bridgehead atoms. The zero-order chi connectivity index (χ0) is 8.55. The molecule has 2 rings (SSSR count). The first-order valence-electron chi connectivity index (χ1n) is 3.75. The van der Waals surface area contributed by atoms with Crippen LogP contribution in [0.4, 0.5) is 0 Å². The summed E-state index contributed by atoms with van der Waals surface area (Å²) in [7, 11) is 1.94. The lowest BCUT2D eigenvalue weighted by Crippen LogP contribution is -1.90. The number of H-pyrrole nitrogens is 1. The maximum absolute atomic E-state index is 4.20. The van der Waals surface area contributed by atoms with Gasteiger partial charge in [-0.05, 0) is 6.92 Å². The Balaban J connectivity index is 2.50. The zero-order valence-electron chi connectivity index (χ0n) is 7.07. The third kappa shape index (κ3) is 1.01. The first-order chi connectivity index (χ1) is 5.77. The van der Waals surface area contributed by atoms with Crippen LogP contribution in [0.5, 0.6) is 0 Å². The van der Waals surface area contributed by atoms with Gasteiger partial charge in [-0.2, -0.15) is 0 Å². The molecule has 2 aromatic rings. The van der Waals surface area contributed by atoms with Gasteiger partial charge in [0, 0.05) is 18.9 Å². The number of aryl methyl sites for hydroxylation is 2. The zero-order valence-corrected chi connectivity index (χ0v) is 7.07. The molecule has 12 heavy (non-hydrogen) atoms. The Hall–Kier alpha value is -1.58. The van der Waals surface area contributed by atoms with Crippen molar-refractivity contribution in [3.05, 3.63) is 24.4 Å². The molecule has 0 aromatic carbocycles. The highest BCUT2D eigenvalue weighted by Crippen LogP contribution is 2.12. The Bertz CT molecular complexity index is 385. The number of imidazole rings is 2. The number of aromatic amines is 1. The second-order valence-electron chi connectivity index (χ2n) is 2.80. The van der Waals surface area contributed by atoms with Gasteiger partial charge in [0.2, 0.25) is 0 Å². The van der Waals surface area contributed by atoms with Crippen LogP contribution in [-0.2, 0) is 7.05 Å². The van der Waals surface area contributed by atoms with Gasteiger partial charge in [0.1, 0.15) is 5.69 Å². The lowest BCUT2D eigenvalue weighted by atomic mass is 10.4. The van der Waals surface area contributed by atoms with Crippen LogP contribution in [0, 0.1) is 6.92 Å². The van der Waals surface area contributed by atoms with Gasteiger partial charge in [0.25, 0.3) is 0 Å². The van der Waals surface area contributed by atoms with Crippen LogP contribution in [0.1, 0.15) is 5.69 Å². The van der Waals surface area contributed by atoms with Crippen LogP contribution in [0.15, 0.2) is 18.7 Å². The molecular weight excluding hydrogens is 152 g/mol. The van der Waals surface area contributed by atoms with Gasteiger partial charge in [-0.3, -0.25) is 0 Å². The van der Waals surface area contributed by atoms with E-state index in [-0.39, 0.29) is 0 Å². The fraction of sp³-hybridized carbons (Fsp3) is 0.250. The van der Waals surface area contributed by atoms with E-state index in [1.54, 1.807) is 12.5 Å². The highest BCUT2D eigenvalue weighted by molar-refractivity contribution is 5.48. The van der Waals surface area contributed by atoms with Gasteiger partial charge in [0.05, 0.1) is 12.5 Å². The van der Waals surface area contributed by atoms with Crippen molar-refractivity contribution in [2.75, 3.05) is 0 Å². The van der Waals surface area contributed by atoms with Crippen LogP contribution in [0.25, 0.3) is 11.5 Å². The lowest BCUT2D eigenvalue weighted by Gasteiger charge is -1.95. The number of hydrogen-bond donors (Lipinski definition) is 1. The Kier molecular flexibility index (Phi) is 1.46. The fourth-order valence-corrected chi connectivity index (χ4v) is 1.13. The number of nitrogens with zero attached hydrogens (tertiary/aromatic N) is 3. The fourth-order valence-electron chi connectivity index (χ4n) is 1.13. The van der Waals surface area contributed by atoms with E-state index in [0.717, 1.165) is 17.2 Å². The predicted molar refractivity (Wildman–Crippen MR) is 45.5 cm³/mol. The highest BCUT2D eigenvalue weighted by Gasteiger charge is 2.04. The molecule has 0 fully saturated rings. The average molecular weight is 162 g/mol. The SMILES string of the molecule is Cc1cnc(-c2cncn2C)[nH]1. The Morgan fingerprint density at radius 2 is 2.25 bits per heavy atom. The monoisotopic (exact) mass is 162 g/mol. The molecule has 2 aromatic heterocycles. The average Bonchev–Trinajstić information content (AvgIpc) is 2.58. The second-order valence-corrected chi connectivity index (χ2v) is 2.80. The molecule has 4 heteroatoms. The lowest BCUT2D eigenvalue weighted by molar-refractivity contribution is 0.912. The summed E-state index contributed by atoms with van der Waals surface area (Å²) < 4.78 is 1.93. The summed E-state index contributed by atoms with van der Waals surface area (Å²) >= 11 is 0. The first-order valence-corrected chi connectivity index (χ1v) is 3.75. The molecule has 0 aliphatic carbocycles. The van der Waals surface area contributed by atoms with Crippen molar-refractivity contribution in [2.45, 2.75) is 6.92 Å². The van der Waals surface area contributed by atoms with Gasteiger partial charge in [-0.1, -0.05) is 0 Å². The molecular formula is C8H10N4. The molecule has 0 radical (unpaired) electrons. The summed E-state index contributed by atoms with van der Waals surface area (Å²) in [5.74, 6) is 0.868. The second kappa shape index (κ2) is 2.48. The van der Waals surface area contributed by atoms with Crippen molar-refractivity contribution in [3.8, 4) is 11.5 Å². The van der Waals surface area contributed by atoms with E-state index >= 15 is 0 Å². The quantitative estimate of drug-likeness (QED) is 0.683. The van der Waals surface area contributed by atoms with Crippen LogP contribution in [0.2, 0.25) is 0 Å². The van der Waals surface area contributed by atoms with Crippen LogP contribution in [-0.4, -0.2) is 19.5 Å².